The van der Waals surface area contributed by atoms with Crippen LogP contribution in [0.3, 0.4) is 0 Å². The van der Waals surface area contributed by atoms with Crippen LogP contribution in [0.25, 0.3) is 10.9 Å². The predicted octanol–water partition coefficient (Wildman–Crippen LogP) is -2.35. The van der Waals surface area contributed by atoms with Crippen molar-refractivity contribution < 1.29 is 33.9 Å². The van der Waals surface area contributed by atoms with Gasteiger partial charge < -0.3 is 43.2 Å². The first-order valence-corrected chi connectivity index (χ1v) is 12.2. The van der Waals surface area contributed by atoms with Crippen molar-refractivity contribution in [1.29, 1.82) is 0 Å². The van der Waals surface area contributed by atoms with Crippen LogP contribution in [-0.4, -0.2) is 75.5 Å². The number of H-pyrrole nitrogens is 1. The van der Waals surface area contributed by atoms with E-state index in [1.165, 1.54) is 0 Å². The molecule has 0 radical (unpaired) electrons. The number of para-hydroxylation sites is 1. The number of carbonyl (C=O) groups excluding carboxylic acids is 5. The number of carboxylic acids is 1. The van der Waals surface area contributed by atoms with Gasteiger partial charge in [0.25, 0.3) is 0 Å². The van der Waals surface area contributed by atoms with Gasteiger partial charge in [-0.05, 0) is 24.5 Å². The second-order valence-electron chi connectivity index (χ2n) is 8.55. The number of benzene rings is 1. The zero-order valence-corrected chi connectivity index (χ0v) is 21.2. The number of fused-ring (bicyclic) bond motifs is 1. The Morgan fingerprint density at radius 1 is 0.895 bits per heavy atom. The lowest BCUT2D eigenvalue weighted by Crippen LogP contribution is -2.58. The molecule has 1 heterocycles. The molecule has 1 aromatic heterocycles. The summed E-state index contributed by atoms with van der Waals surface area (Å²) in [5.41, 5.74) is 17.9. The SMILES string of the molecule is NC(=O)CCC(NC(=O)C(N)Cc1c[nH]c2ccccc12)C(=O)NC(CS)C(=O)NC(CC(N)=O)C(=O)O. The van der Waals surface area contributed by atoms with E-state index in [0.717, 1.165) is 16.5 Å². The minimum absolute atomic E-state index is 0.151. The van der Waals surface area contributed by atoms with E-state index < -0.39 is 66.1 Å². The van der Waals surface area contributed by atoms with Crippen molar-refractivity contribution in [3.63, 3.8) is 0 Å². The molecule has 15 heteroatoms. The zero-order valence-electron chi connectivity index (χ0n) is 20.3. The summed E-state index contributed by atoms with van der Waals surface area (Å²) < 4.78 is 0. The van der Waals surface area contributed by atoms with Crippen molar-refractivity contribution in [2.45, 2.75) is 49.9 Å². The topological polar surface area (TPSA) is 253 Å². The number of hydrogen-bond acceptors (Lipinski definition) is 8. The normalized spacial score (nSPS) is 14.1. The molecule has 38 heavy (non-hydrogen) atoms. The first-order chi connectivity index (χ1) is 17.9. The molecule has 14 nitrogen and oxygen atoms in total. The number of hydrogen-bond donors (Lipinski definition) is 9. The number of aromatic nitrogens is 1. The molecule has 11 N–H and O–H groups in total. The number of nitrogens with one attached hydrogen (secondary N) is 4. The van der Waals surface area contributed by atoms with Crippen LogP contribution in [0.5, 0.6) is 0 Å². The predicted molar refractivity (Wildman–Crippen MR) is 139 cm³/mol. The Morgan fingerprint density at radius 3 is 2.11 bits per heavy atom. The molecule has 5 amide bonds. The summed E-state index contributed by atoms with van der Waals surface area (Å²) in [6, 6.07) is 2.14. The van der Waals surface area contributed by atoms with Gasteiger partial charge in [0.2, 0.25) is 29.5 Å². The maximum absolute atomic E-state index is 12.9. The van der Waals surface area contributed by atoms with E-state index in [0.29, 0.717) is 0 Å². The Hall–Kier alpha value is -4.11. The molecule has 0 aliphatic rings. The summed E-state index contributed by atoms with van der Waals surface area (Å²) in [6.07, 6.45) is 0.770. The molecular formula is C23H31N7O7S. The van der Waals surface area contributed by atoms with E-state index in [-0.39, 0.29) is 25.0 Å². The molecule has 0 aliphatic heterocycles. The lowest BCUT2D eigenvalue weighted by molar-refractivity contribution is -0.143. The molecule has 1 aromatic carbocycles. The Bertz CT molecular complexity index is 1200. The van der Waals surface area contributed by atoms with Gasteiger partial charge in [-0.1, -0.05) is 18.2 Å². The lowest BCUT2D eigenvalue weighted by Gasteiger charge is -2.24. The number of amides is 5. The summed E-state index contributed by atoms with van der Waals surface area (Å²) >= 11 is 4.01. The molecule has 0 saturated carbocycles. The molecule has 4 unspecified atom stereocenters. The van der Waals surface area contributed by atoms with Crippen LogP contribution in [0.1, 0.15) is 24.8 Å². The molecule has 0 fully saturated rings. The number of thiol groups is 1. The highest BCUT2D eigenvalue weighted by Gasteiger charge is 2.30. The Balaban J connectivity index is 2.09. The number of aliphatic carboxylic acids is 1. The third-order valence-electron chi connectivity index (χ3n) is 5.60. The average molecular weight is 550 g/mol. The smallest absolute Gasteiger partial charge is 0.326 e. The molecule has 0 bridgehead atoms. The molecule has 0 saturated heterocycles. The van der Waals surface area contributed by atoms with Gasteiger partial charge in [-0.2, -0.15) is 12.6 Å². The van der Waals surface area contributed by atoms with Gasteiger partial charge in [0.05, 0.1) is 12.5 Å². The fourth-order valence-electron chi connectivity index (χ4n) is 3.60. The number of carbonyl (C=O) groups is 6. The first-order valence-electron chi connectivity index (χ1n) is 11.5. The molecule has 206 valence electrons. The second kappa shape index (κ2) is 14.0. The summed E-state index contributed by atoms with van der Waals surface area (Å²) in [7, 11) is 0. The largest absolute Gasteiger partial charge is 0.480 e. The number of carboxylic acid groups (broad SMARTS) is 1. The van der Waals surface area contributed by atoms with E-state index in [4.69, 9.17) is 17.2 Å². The van der Waals surface area contributed by atoms with E-state index in [1.54, 1.807) is 6.20 Å². The summed E-state index contributed by atoms with van der Waals surface area (Å²) in [4.78, 5) is 75.1. The standard InChI is InChI=1S/C23H31N7O7S/c24-13(7-11-9-27-14-4-2-1-3-12(11)14)20(33)28-15(5-6-18(25)31)21(34)30-17(10-38)22(35)29-16(23(36)37)8-19(26)32/h1-4,9,13,15-17,27,38H,5-8,10,24H2,(H2,25,31)(H2,26,32)(H,28,33)(H,29,35)(H,30,34)(H,36,37). The molecular weight excluding hydrogens is 518 g/mol. The van der Waals surface area contributed by atoms with Crippen LogP contribution >= 0.6 is 12.6 Å². The number of nitrogens with two attached hydrogens (primary N) is 3. The lowest BCUT2D eigenvalue weighted by atomic mass is 10.0. The van der Waals surface area contributed by atoms with Crippen LogP contribution in [0.4, 0.5) is 0 Å². The molecule has 4 atom stereocenters. The molecule has 2 rings (SSSR count). The maximum atomic E-state index is 12.9. The van der Waals surface area contributed by atoms with Gasteiger partial charge in [-0.3, -0.25) is 24.0 Å². The minimum atomic E-state index is -1.62. The van der Waals surface area contributed by atoms with Crippen LogP contribution < -0.4 is 33.2 Å². The first kappa shape index (κ1) is 30.1. The van der Waals surface area contributed by atoms with Crippen LogP contribution in [0.2, 0.25) is 0 Å². The van der Waals surface area contributed by atoms with Crippen molar-refractivity contribution in [3.8, 4) is 0 Å². The maximum Gasteiger partial charge on any atom is 0.326 e. The van der Waals surface area contributed by atoms with Crippen molar-refractivity contribution in [3.05, 3.63) is 36.0 Å². The van der Waals surface area contributed by atoms with Gasteiger partial charge in [0, 0.05) is 29.3 Å². The number of primary amides is 2. The van der Waals surface area contributed by atoms with Gasteiger partial charge >= 0.3 is 5.97 Å². The van der Waals surface area contributed by atoms with Crippen LogP contribution in [0.15, 0.2) is 30.5 Å². The van der Waals surface area contributed by atoms with Crippen molar-refractivity contribution in [2.75, 3.05) is 5.75 Å². The Kier molecular flexibility index (Phi) is 11.1. The van der Waals surface area contributed by atoms with Crippen molar-refractivity contribution in [1.82, 2.24) is 20.9 Å². The third-order valence-corrected chi connectivity index (χ3v) is 5.96. The third kappa shape index (κ3) is 8.77. The fraction of sp³-hybridized carbons (Fsp3) is 0.391. The molecule has 2 aromatic rings. The average Bonchev–Trinajstić information content (AvgIpc) is 3.26. The second-order valence-corrected chi connectivity index (χ2v) is 8.92. The number of aromatic amines is 1. The minimum Gasteiger partial charge on any atom is -0.480 e. The van der Waals surface area contributed by atoms with Gasteiger partial charge in [0.15, 0.2) is 0 Å². The van der Waals surface area contributed by atoms with Crippen molar-refractivity contribution >= 4 is 59.0 Å². The zero-order chi connectivity index (χ0) is 28.4. The monoisotopic (exact) mass is 549 g/mol. The fourth-order valence-corrected chi connectivity index (χ4v) is 3.86. The van der Waals surface area contributed by atoms with E-state index in [2.05, 4.69) is 33.6 Å². The van der Waals surface area contributed by atoms with E-state index >= 15 is 0 Å². The number of rotatable bonds is 15. The van der Waals surface area contributed by atoms with Crippen LogP contribution in [-0.2, 0) is 35.2 Å². The van der Waals surface area contributed by atoms with E-state index in [1.807, 2.05) is 24.3 Å². The summed E-state index contributed by atoms with van der Waals surface area (Å²) in [5, 5.41) is 17.0. The highest BCUT2D eigenvalue weighted by molar-refractivity contribution is 7.80. The van der Waals surface area contributed by atoms with Crippen molar-refractivity contribution in [2.24, 2.45) is 17.2 Å². The quantitative estimate of drug-likeness (QED) is 0.108. The van der Waals surface area contributed by atoms with E-state index in [9.17, 15) is 33.9 Å². The highest BCUT2D eigenvalue weighted by Crippen LogP contribution is 2.18. The Labute approximate surface area is 222 Å². The van der Waals surface area contributed by atoms with Gasteiger partial charge in [0.1, 0.15) is 18.1 Å². The Morgan fingerprint density at radius 2 is 1.50 bits per heavy atom. The van der Waals surface area contributed by atoms with Gasteiger partial charge in [-0.15, -0.1) is 0 Å². The van der Waals surface area contributed by atoms with Gasteiger partial charge in [-0.25, -0.2) is 4.79 Å². The highest BCUT2D eigenvalue weighted by atomic mass is 32.1. The summed E-state index contributed by atoms with van der Waals surface area (Å²) in [5.74, 6) is -5.91. The molecule has 0 aliphatic carbocycles. The summed E-state index contributed by atoms with van der Waals surface area (Å²) in [6.45, 7) is 0. The molecule has 0 spiro atoms. The van der Waals surface area contributed by atoms with Crippen LogP contribution in [0, 0.1) is 0 Å².